The molecule has 182 valence electrons. The number of carbonyl (C=O) groups is 2. The standard InChI is InChI=1S/C28H26N4O4/c1-16(2)15-32-25-23(27(35)31-28(32)36)21(14-22(30-25)17-11-12-17)26(34)29-20-10-6-9-19(13-20)24(33)18-7-4-3-5-8-18/h3-10,13-14,16-17H,11-12,15H2,1-2H3,(H,29,34)(H,31,35,36). The molecule has 0 spiro atoms. The van der Waals surface area contributed by atoms with E-state index in [0.29, 0.717) is 29.1 Å². The van der Waals surface area contributed by atoms with Gasteiger partial charge < -0.3 is 5.32 Å². The number of aromatic amines is 1. The summed E-state index contributed by atoms with van der Waals surface area (Å²) in [7, 11) is 0. The molecule has 36 heavy (non-hydrogen) atoms. The van der Waals surface area contributed by atoms with Gasteiger partial charge in [0.1, 0.15) is 0 Å². The number of H-pyrrole nitrogens is 1. The molecule has 0 atom stereocenters. The number of amides is 1. The molecule has 0 bridgehead atoms. The van der Waals surface area contributed by atoms with Crippen LogP contribution < -0.4 is 16.6 Å². The van der Waals surface area contributed by atoms with E-state index in [2.05, 4.69) is 15.3 Å². The molecular weight excluding hydrogens is 456 g/mol. The Balaban J connectivity index is 1.56. The molecule has 5 rings (SSSR count). The summed E-state index contributed by atoms with van der Waals surface area (Å²) in [5.41, 5.74) is 1.28. The number of anilines is 1. The highest BCUT2D eigenvalue weighted by Crippen LogP contribution is 2.40. The maximum atomic E-state index is 13.5. The number of carbonyl (C=O) groups excluding carboxylic acids is 2. The van der Waals surface area contributed by atoms with E-state index in [1.54, 1.807) is 54.6 Å². The quantitative estimate of drug-likeness (QED) is 0.385. The Bertz CT molecular complexity index is 1600. The minimum Gasteiger partial charge on any atom is -0.322 e. The Morgan fingerprint density at radius 3 is 2.44 bits per heavy atom. The first-order valence-corrected chi connectivity index (χ1v) is 12.0. The third-order valence-electron chi connectivity index (χ3n) is 6.18. The molecule has 4 aromatic rings. The zero-order valence-electron chi connectivity index (χ0n) is 20.1. The Hall–Kier alpha value is -4.33. The predicted octanol–water partition coefficient (Wildman–Crippen LogP) is 4.10. The van der Waals surface area contributed by atoms with Gasteiger partial charge in [0.15, 0.2) is 11.4 Å². The molecule has 0 saturated heterocycles. The summed E-state index contributed by atoms with van der Waals surface area (Å²) in [5, 5.41) is 2.90. The Morgan fingerprint density at radius 1 is 1.03 bits per heavy atom. The van der Waals surface area contributed by atoms with Crippen molar-refractivity contribution in [2.24, 2.45) is 5.92 Å². The van der Waals surface area contributed by atoms with E-state index in [0.717, 1.165) is 12.8 Å². The number of ketones is 1. The van der Waals surface area contributed by atoms with E-state index < -0.39 is 17.2 Å². The fourth-order valence-electron chi connectivity index (χ4n) is 4.29. The van der Waals surface area contributed by atoms with Crippen LogP contribution in [0.3, 0.4) is 0 Å². The molecule has 8 heteroatoms. The van der Waals surface area contributed by atoms with Crippen LogP contribution in [0.25, 0.3) is 11.0 Å². The van der Waals surface area contributed by atoms with Gasteiger partial charge in [-0.2, -0.15) is 0 Å². The number of nitrogens with one attached hydrogen (secondary N) is 2. The van der Waals surface area contributed by atoms with E-state index in [-0.39, 0.29) is 34.2 Å². The number of hydrogen-bond donors (Lipinski definition) is 2. The van der Waals surface area contributed by atoms with E-state index >= 15 is 0 Å². The average Bonchev–Trinajstić information content (AvgIpc) is 3.71. The van der Waals surface area contributed by atoms with Gasteiger partial charge in [0.05, 0.1) is 10.9 Å². The van der Waals surface area contributed by atoms with Crippen LogP contribution in [0.2, 0.25) is 0 Å². The second-order valence-corrected chi connectivity index (χ2v) is 9.56. The highest BCUT2D eigenvalue weighted by atomic mass is 16.2. The molecule has 1 amide bonds. The molecule has 0 radical (unpaired) electrons. The SMILES string of the molecule is CC(C)Cn1c(=O)[nH]c(=O)c2c(C(=O)Nc3cccc(C(=O)c4ccccc4)c3)cc(C3CC3)nc21. The minimum atomic E-state index is -0.650. The van der Waals surface area contributed by atoms with Crippen LogP contribution in [0.4, 0.5) is 5.69 Å². The van der Waals surface area contributed by atoms with Crippen molar-refractivity contribution in [1.29, 1.82) is 0 Å². The average molecular weight is 483 g/mol. The lowest BCUT2D eigenvalue weighted by molar-refractivity contribution is 0.102. The second-order valence-electron chi connectivity index (χ2n) is 9.56. The molecule has 8 nitrogen and oxygen atoms in total. The molecular formula is C28H26N4O4. The first kappa shape index (κ1) is 23.4. The maximum Gasteiger partial charge on any atom is 0.330 e. The van der Waals surface area contributed by atoms with Crippen LogP contribution in [0.1, 0.15) is 64.6 Å². The van der Waals surface area contributed by atoms with Crippen molar-refractivity contribution in [3.63, 3.8) is 0 Å². The van der Waals surface area contributed by atoms with Crippen LogP contribution in [0.15, 0.2) is 70.3 Å². The van der Waals surface area contributed by atoms with E-state index in [4.69, 9.17) is 0 Å². The highest BCUT2D eigenvalue weighted by molar-refractivity contribution is 6.13. The highest BCUT2D eigenvalue weighted by Gasteiger charge is 2.29. The van der Waals surface area contributed by atoms with Gasteiger partial charge in [-0.1, -0.05) is 56.3 Å². The van der Waals surface area contributed by atoms with Crippen LogP contribution in [0.5, 0.6) is 0 Å². The summed E-state index contributed by atoms with van der Waals surface area (Å²) in [6, 6.07) is 17.2. The van der Waals surface area contributed by atoms with Crippen molar-refractivity contribution in [3.8, 4) is 0 Å². The topological polar surface area (TPSA) is 114 Å². The summed E-state index contributed by atoms with van der Waals surface area (Å²) in [4.78, 5) is 58.8. The summed E-state index contributed by atoms with van der Waals surface area (Å²) >= 11 is 0. The minimum absolute atomic E-state index is 0.0775. The molecule has 2 aromatic carbocycles. The van der Waals surface area contributed by atoms with E-state index in [1.165, 1.54) is 4.57 Å². The van der Waals surface area contributed by atoms with Gasteiger partial charge in [0.25, 0.3) is 11.5 Å². The van der Waals surface area contributed by atoms with Gasteiger partial charge in [-0.15, -0.1) is 0 Å². The van der Waals surface area contributed by atoms with Gasteiger partial charge in [0, 0.05) is 35.0 Å². The van der Waals surface area contributed by atoms with Crippen molar-refractivity contribution in [2.75, 3.05) is 5.32 Å². The number of rotatable bonds is 7. The Kier molecular flexibility index (Phi) is 6.10. The number of benzene rings is 2. The van der Waals surface area contributed by atoms with Crippen molar-refractivity contribution in [1.82, 2.24) is 14.5 Å². The maximum absolute atomic E-state index is 13.5. The molecule has 1 saturated carbocycles. The first-order valence-electron chi connectivity index (χ1n) is 12.0. The lowest BCUT2D eigenvalue weighted by Crippen LogP contribution is -2.33. The lowest BCUT2D eigenvalue weighted by Gasteiger charge is -2.15. The number of nitrogens with zero attached hydrogens (tertiary/aromatic N) is 2. The van der Waals surface area contributed by atoms with Gasteiger partial charge in [0.2, 0.25) is 0 Å². The van der Waals surface area contributed by atoms with Crippen molar-refractivity contribution < 1.29 is 9.59 Å². The fourth-order valence-corrected chi connectivity index (χ4v) is 4.29. The molecule has 0 aliphatic heterocycles. The summed E-state index contributed by atoms with van der Waals surface area (Å²) in [6.07, 6.45) is 1.89. The number of fused-ring (bicyclic) bond motifs is 1. The van der Waals surface area contributed by atoms with E-state index in [9.17, 15) is 19.2 Å². The normalized spacial score (nSPS) is 13.2. The molecule has 2 N–H and O–H groups in total. The van der Waals surface area contributed by atoms with Crippen LogP contribution in [-0.4, -0.2) is 26.2 Å². The predicted molar refractivity (Wildman–Crippen MR) is 138 cm³/mol. The van der Waals surface area contributed by atoms with Crippen LogP contribution >= 0.6 is 0 Å². The Morgan fingerprint density at radius 2 is 1.75 bits per heavy atom. The third kappa shape index (κ3) is 4.62. The molecule has 1 aliphatic carbocycles. The number of pyridine rings is 1. The zero-order chi connectivity index (χ0) is 25.4. The number of hydrogen-bond acceptors (Lipinski definition) is 5. The van der Waals surface area contributed by atoms with Crippen molar-refractivity contribution in [3.05, 3.63) is 104 Å². The third-order valence-corrected chi connectivity index (χ3v) is 6.18. The summed E-state index contributed by atoms with van der Waals surface area (Å²) in [6.45, 7) is 4.29. The Labute approximate surface area is 207 Å². The van der Waals surface area contributed by atoms with Gasteiger partial charge in [-0.25, -0.2) is 9.78 Å². The molecule has 1 aliphatic rings. The zero-order valence-corrected chi connectivity index (χ0v) is 20.1. The van der Waals surface area contributed by atoms with Crippen molar-refractivity contribution >= 4 is 28.4 Å². The molecule has 2 heterocycles. The first-order chi connectivity index (χ1) is 17.3. The molecule has 1 fully saturated rings. The van der Waals surface area contributed by atoms with Gasteiger partial charge >= 0.3 is 5.69 Å². The molecule has 2 aromatic heterocycles. The lowest BCUT2D eigenvalue weighted by atomic mass is 10.0. The van der Waals surface area contributed by atoms with Crippen molar-refractivity contribution in [2.45, 2.75) is 39.2 Å². The van der Waals surface area contributed by atoms with Gasteiger partial charge in [-0.05, 0) is 37.0 Å². The van der Waals surface area contributed by atoms with Gasteiger partial charge in [-0.3, -0.25) is 23.9 Å². The smallest absolute Gasteiger partial charge is 0.322 e. The second kappa shape index (κ2) is 9.37. The summed E-state index contributed by atoms with van der Waals surface area (Å²) in [5.74, 6) is -0.333. The molecule has 0 unspecified atom stereocenters. The van der Waals surface area contributed by atoms with Crippen LogP contribution in [-0.2, 0) is 6.54 Å². The fraction of sp³-hybridized carbons (Fsp3) is 0.250. The summed E-state index contributed by atoms with van der Waals surface area (Å²) < 4.78 is 1.43. The van der Waals surface area contributed by atoms with E-state index in [1.807, 2.05) is 19.9 Å². The monoisotopic (exact) mass is 482 g/mol. The van der Waals surface area contributed by atoms with Crippen LogP contribution in [0, 0.1) is 5.92 Å². The number of aromatic nitrogens is 3. The largest absolute Gasteiger partial charge is 0.330 e.